The maximum absolute atomic E-state index is 13.9. The molecule has 4 nitrogen and oxygen atoms in total. The molecule has 0 saturated carbocycles. The van der Waals surface area contributed by atoms with Gasteiger partial charge < -0.3 is 0 Å². The van der Waals surface area contributed by atoms with Crippen LogP contribution in [0.5, 0.6) is 0 Å². The second-order valence-corrected chi connectivity index (χ2v) is 5.30. The van der Waals surface area contributed by atoms with Crippen molar-refractivity contribution >= 4 is 34.4 Å². The SMILES string of the molecule is O=C(CCl)N(Cc1c(F)cccc1F)c1cnc2ccccc2n1. The van der Waals surface area contributed by atoms with Gasteiger partial charge >= 0.3 is 0 Å². The molecule has 0 radical (unpaired) electrons. The molecule has 0 bridgehead atoms. The Labute approximate surface area is 141 Å². The van der Waals surface area contributed by atoms with Crippen LogP contribution in [0.4, 0.5) is 14.6 Å². The Balaban J connectivity index is 2.04. The summed E-state index contributed by atoms with van der Waals surface area (Å²) < 4.78 is 27.8. The van der Waals surface area contributed by atoms with E-state index in [1.165, 1.54) is 12.3 Å². The van der Waals surface area contributed by atoms with Gasteiger partial charge in [0.15, 0.2) is 5.82 Å². The van der Waals surface area contributed by atoms with Crippen LogP contribution in [0.2, 0.25) is 0 Å². The third kappa shape index (κ3) is 3.19. The number of para-hydroxylation sites is 2. The van der Waals surface area contributed by atoms with E-state index < -0.39 is 17.5 Å². The van der Waals surface area contributed by atoms with Gasteiger partial charge in [-0.1, -0.05) is 18.2 Å². The average Bonchev–Trinajstić information content (AvgIpc) is 2.60. The zero-order valence-electron chi connectivity index (χ0n) is 12.4. The minimum atomic E-state index is -0.740. The molecule has 0 N–H and O–H groups in total. The lowest BCUT2D eigenvalue weighted by molar-refractivity contribution is -0.116. The van der Waals surface area contributed by atoms with Crippen molar-refractivity contribution in [2.75, 3.05) is 10.8 Å². The normalized spacial score (nSPS) is 10.8. The summed E-state index contributed by atoms with van der Waals surface area (Å²) in [6, 6.07) is 10.6. The maximum atomic E-state index is 13.9. The quantitative estimate of drug-likeness (QED) is 0.676. The molecule has 1 aromatic heterocycles. The van der Waals surface area contributed by atoms with Crippen LogP contribution in [0.1, 0.15) is 5.56 Å². The highest BCUT2D eigenvalue weighted by atomic mass is 35.5. The van der Waals surface area contributed by atoms with E-state index in [9.17, 15) is 13.6 Å². The van der Waals surface area contributed by atoms with Gasteiger partial charge in [-0.3, -0.25) is 14.7 Å². The van der Waals surface area contributed by atoms with E-state index in [1.54, 1.807) is 18.2 Å². The first-order valence-electron chi connectivity index (χ1n) is 7.11. The third-order valence-electron chi connectivity index (χ3n) is 3.51. The molecule has 0 unspecified atom stereocenters. The molecule has 0 aliphatic heterocycles. The topological polar surface area (TPSA) is 46.1 Å². The predicted molar refractivity (Wildman–Crippen MR) is 87.8 cm³/mol. The number of amides is 1. The number of hydrogen-bond donors (Lipinski definition) is 0. The molecule has 0 saturated heterocycles. The molecule has 2 aromatic carbocycles. The first-order valence-corrected chi connectivity index (χ1v) is 7.64. The van der Waals surface area contributed by atoms with E-state index in [0.717, 1.165) is 17.0 Å². The highest BCUT2D eigenvalue weighted by molar-refractivity contribution is 6.29. The number of carbonyl (C=O) groups excluding carboxylic acids is 1. The van der Waals surface area contributed by atoms with E-state index in [1.807, 2.05) is 6.07 Å². The van der Waals surface area contributed by atoms with E-state index in [2.05, 4.69) is 9.97 Å². The number of aromatic nitrogens is 2. The molecule has 0 aliphatic rings. The van der Waals surface area contributed by atoms with Crippen molar-refractivity contribution in [2.24, 2.45) is 0 Å². The fourth-order valence-corrected chi connectivity index (χ4v) is 2.43. The van der Waals surface area contributed by atoms with Crippen molar-refractivity contribution in [1.29, 1.82) is 0 Å². The minimum Gasteiger partial charge on any atom is -0.290 e. The highest BCUT2D eigenvalue weighted by Gasteiger charge is 2.21. The standard InChI is InChI=1S/C17H12ClF2N3O/c18-8-17(24)23(10-11-12(19)4-3-5-13(11)20)16-9-21-14-6-1-2-7-15(14)22-16/h1-7,9H,8,10H2. The second-order valence-electron chi connectivity index (χ2n) is 5.03. The third-order valence-corrected chi connectivity index (χ3v) is 3.73. The first-order chi connectivity index (χ1) is 11.6. The molecule has 0 fully saturated rings. The van der Waals surface area contributed by atoms with Gasteiger partial charge in [0.1, 0.15) is 17.5 Å². The minimum absolute atomic E-state index is 0.182. The highest BCUT2D eigenvalue weighted by Crippen LogP contribution is 2.21. The molecule has 0 aliphatic carbocycles. The number of anilines is 1. The summed E-state index contributed by atoms with van der Waals surface area (Å²) >= 11 is 5.63. The van der Waals surface area contributed by atoms with Crippen LogP contribution < -0.4 is 4.90 Å². The molecule has 3 rings (SSSR count). The van der Waals surface area contributed by atoms with Gasteiger partial charge in [-0.15, -0.1) is 11.6 Å². The molecule has 7 heteroatoms. The Bertz CT molecular complexity index is 884. The van der Waals surface area contributed by atoms with Crippen LogP contribution in [0, 0.1) is 11.6 Å². The van der Waals surface area contributed by atoms with Gasteiger partial charge in [-0.25, -0.2) is 13.8 Å². The number of carbonyl (C=O) groups is 1. The summed E-state index contributed by atoms with van der Waals surface area (Å²) in [5.41, 5.74) is 0.985. The Hall–Kier alpha value is -2.60. The van der Waals surface area contributed by atoms with Crippen molar-refractivity contribution in [3.63, 3.8) is 0 Å². The Kier molecular flexibility index (Phi) is 4.66. The Morgan fingerprint density at radius 1 is 1.04 bits per heavy atom. The van der Waals surface area contributed by atoms with Crippen LogP contribution in [-0.4, -0.2) is 21.8 Å². The summed E-state index contributed by atoms with van der Waals surface area (Å²) in [5, 5.41) is 0. The summed E-state index contributed by atoms with van der Waals surface area (Å²) in [6.45, 7) is -0.322. The van der Waals surface area contributed by atoms with E-state index in [-0.39, 0.29) is 23.8 Å². The number of hydrogen-bond acceptors (Lipinski definition) is 3. The van der Waals surface area contributed by atoms with Crippen molar-refractivity contribution in [1.82, 2.24) is 9.97 Å². The van der Waals surface area contributed by atoms with Crippen LogP contribution in [-0.2, 0) is 11.3 Å². The molecule has 122 valence electrons. The lowest BCUT2D eigenvalue weighted by atomic mass is 10.2. The van der Waals surface area contributed by atoms with Crippen molar-refractivity contribution in [3.05, 3.63) is 65.9 Å². The van der Waals surface area contributed by atoms with Gasteiger partial charge in [0, 0.05) is 5.56 Å². The zero-order valence-corrected chi connectivity index (χ0v) is 13.2. The van der Waals surface area contributed by atoms with Crippen LogP contribution >= 0.6 is 11.6 Å². The maximum Gasteiger partial charge on any atom is 0.243 e. The average molecular weight is 348 g/mol. The summed E-state index contributed by atoms with van der Waals surface area (Å²) in [4.78, 5) is 21.8. The fourth-order valence-electron chi connectivity index (χ4n) is 2.29. The fraction of sp³-hybridized carbons (Fsp3) is 0.118. The van der Waals surface area contributed by atoms with Crippen LogP contribution in [0.3, 0.4) is 0 Å². The predicted octanol–water partition coefficient (Wildman–Crippen LogP) is 3.68. The van der Waals surface area contributed by atoms with Crippen LogP contribution in [0.15, 0.2) is 48.7 Å². The second kappa shape index (κ2) is 6.88. The lowest BCUT2D eigenvalue weighted by Gasteiger charge is -2.21. The van der Waals surface area contributed by atoms with E-state index >= 15 is 0 Å². The smallest absolute Gasteiger partial charge is 0.243 e. The van der Waals surface area contributed by atoms with Gasteiger partial charge in [0.2, 0.25) is 5.91 Å². The molecule has 24 heavy (non-hydrogen) atoms. The van der Waals surface area contributed by atoms with Crippen LogP contribution in [0.25, 0.3) is 11.0 Å². The van der Waals surface area contributed by atoms with Gasteiger partial charge in [-0.2, -0.15) is 0 Å². The molecule has 0 atom stereocenters. The summed E-state index contributed by atoms with van der Waals surface area (Å²) in [7, 11) is 0. The number of nitrogens with zero attached hydrogens (tertiary/aromatic N) is 3. The van der Waals surface area contributed by atoms with Gasteiger partial charge in [0.05, 0.1) is 23.8 Å². The number of halogens is 3. The summed E-state index contributed by atoms with van der Waals surface area (Å²) in [5.74, 6) is -2.16. The zero-order chi connectivity index (χ0) is 17.1. The largest absolute Gasteiger partial charge is 0.290 e. The number of benzene rings is 2. The van der Waals surface area contributed by atoms with E-state index in [4.69, 9.17) is 11.6 Å². The lowest BCUT2D eigenvalue weighted by Crippen LogP contribution is -2.33. The first kappa shape index (κ1) is 16.3. The van der Waals surface area contributed by atoms with Crippen molar-refractivity contribution < 1.29 is 13.6 Å². The number of alkyl halides is 1. The van der Waals surface area contributed by atoms with Gasteiger partial charge in [0.25, 0.3) is 0 Å². The summed E-state index contributed by atoms with van der Waals surface area (Å²) in [6.07, 6.45) is 1.38. The monoisotopic (exact) mass is 347 g/mol. The molecule has 1 heterocycles. The molecule has 3 aromatic rings. The Morgan fingerprint density at radius 2 is 1.71 bits per heavy atom. The number of fused-ring (bicyclic) bond motifs is 1. The van der Waals surface area contributed by atoms with Crippen molar-refractivity contribution in [3.8, 4) is 0 Å². The molecular formula is C17H12ClF2N3O. The number of rotatable bonds is 4. The molecule has 0 spiro atoms. The van der Waals surface area contributed by atoms with Gasteiger partial charge in [-0.05, 0) is 24.3 Å². The van der Waals surface area contributed by atoms with E-state index in [0.29, 0.717) is 11.0 Å². The molecular weight excluding hydrogens is 336 g/mol. The Morgan fingerprint density at radius 3 is 2.38 bits per heavy atom. The molecule has 1 amide bonds. The van der Waals surface area contributed by atoms with Crippen molar-refractivity contribution in [2.45, 2.75) is 6.54 Å².